The first kappa shape index (κ1) is 18.1. The number of carbonyl (C=O) groups is 1. The summed E-state index contributed by atoms with van der Waals surface area (Å²) < 4.78 is 0. The van der Waals surface area contributed by atoms with Gasteiger partial charge in [0.25, 0.3) is 0 Å². The van der Waals surface area contributed by atoms with Gasteiger partial charge in [0.05, 0.1) is 10.6 Å². The molecule has 1 aromatic rings. The molecule has 136 valence electrons. The molecular formula is C16H25N6O2S+. The molecule has 0 bridgehead atoms. The van der Waals surface area contributed by atoms with Crippen LogP contribution < -0.4 is 11.1 Å². The number of nitrogens with zero attached hydrogens (tertiary/aromatic N) is 4. The average Bonchev–Trinajstić information content (AvgIpc) is 2.89. The van der Waals surface area contributed by atoms with Crippen LogP contribution in [0.5, 0.6) is 0 Å². The van der Waals surface area contributed by atoms with E-state index in [0.717, 1.165) is 36.5 Å². The highest BCUT2D eigenvalue weighted by Crippen LogP contribution is 2.22. The molecule has 2 aliphatic rings. The Balaban J connectivity index is 1.52. The number of hydrogen-bond donors (Lipinski definition) is 2. The number of carbonyl (C=O) groups excluding carboxylic acids is 1. The van der Waals surface area contributed by atoms with E-state index in [-0.39, 0.29) is 12.5 Å². The summed E-state index contributed by atoms with van der Waals surface area (Å²) >= 11 is 1.41. The van der Waals surface area contributed by atoms with Crippen molar-refractivity contribution in [2.45, 2.75) is 37.3 Å². The molecular weight excluding hydrogens is 340 g/mol. The van der Waals surface area contributed by atoms with Gasteiger partial charge in [-0.2, -0.15) is 0 Å². The first-order valence-corrected chi connectivity index (χ1v) is 9.63. The Labute approximate surface area is 151 Å². The first-order valence-electron chi connectivity index (χ1n) is 8.58. The number of hydrazine groups is 1. The number of piperidine rings is 1. The van der Waals surface area contributed by atoms with Crippen LogP contribution in [0.1, 0.15) is 25.5 Å². The molecule has 0 radical (unpaired) electrons. The molecule has 2 fully saturated rings. The summed E-state index contributed by atoms with van der Waals surface area (Å²) in [5.41, 5.74) is 6.38. The van der Waals surface area contributed by atoms with Crippen LogP contribution in [0, 0.1) is 10.8 Å². The van der Waals surface area contributed by atoms with Crippen LogP contribution in [0.15, 0.2) is 24.4 Å². The average molecular weight is 365 g/mol. The number of nitroso groups, excluding NO2 is 1. The van der Waals surface area contributed by atoms with Crippen LogP contribution in [-0.4, -0.2) is 57.1 Å². The Morgan fingerprint density at radius 3 is 2.88 bits per heavy atom. The summed E-state index contributed by atoms with van der Waals surface area (Å²) in [7, 11) is 0. The predicted molar refractivity (Wildman–Crippen MR) is 95.7 cm³/mol. The van der Waals surface area contributed by atoms with Gasteiger partial charge in [0.2, 0.25) is 5.91 Å². The minimum absolute atomic E-state index is 0.00664. The number of nitrogens with one attached hydrogen (secondary N) is 1. The molecule has 0 spiro atoms. The summed E-state index contributed by atoms with van der Waals surface area (Å²) in [5, 5.41) is 4.38. The van der Waals surface area contributed by atoms with Crippen molar-refractivity contribution in [2.24, 2.45) is 11.7 Å². The highest BCUT2D eigenvalue weighted by molar-refractivity contribution is 7.98. The quantitative estimate of drug-likeness (QED) is 0.742. The molecule has 9 heteroatoms. The highest BCUT2D eigenvalue weighted by Gasteiger charge is 2.46. The SMILES string of the molecule is CC1CCN(C(=O)CN2C(N)NC(SCc3ccccn3)[N+]2=O)CC1. The van der Waals surface area contributed by atoms with E-state index in [2.05, 4.69) is 17.2 Å². The number of nitrogens with two attached hydrogens (primary N) is 1. The zero-order valence-corrected chi connectivity index (χ0v) is 15.2. The standard InChI is InChI=1S/C16H25N6O2S/c1-12-5-8-20(9-6-12)14(23)10-21-15(17)19-16(22(21)24)25-11-13-4-2-3-7-18-13/h2-4,7,12,15-16,19H,5-6,8-11,17H2,1H3/q+1. The molecule has 2 aliphatic heterocycles. The third kappa shape index (κ3) is 4.47. The topological polar surface area (TPSA) is 94.6 Å². The van der Waals surface area contributed by atoms with Gasteiger partial charge in [0.1, 0.15) is 0 Å². The third-order valence-corrected chi connectivity index (χ3v) is 5.73. The molecule has 3 rings (SSSR count). The maximum absolute atomic E-state index is 12.5. The second kappa shape index (κ2) is 8.11. The predicted octanol–water partition coefficient (Wildman–Crippen LogP) is 0.698. The Morgan fingerprint density at radius 1 is 1.44 bits per heavy atom. The molecule has 1 amide bonds. The van der Waals surface area contributed by atoms with Gasteiger partial charge < -0.3 is 4.90 Å². The fraction of sp³-hybridized carbons (Fsp3) is 0.625. The smallest absolute Gasteiger partial charge is 0.337 e. The molecule has 3 N–H and O–H groups in total. The van der Waals surface area contributed by atoms with Gasteiger partial charge in [0, 0.05) is 25.0 Å². The normalized spacial score (nSPS) is 24.8. The van der Waals surface area contributed by atoms with E-state index in [4.69, 9.17) is 5.73 Å². The van der Waals surface area contributed by atoms with Gasteiger partial charge in [0.15, 0.2) is 17.7 Å². The number of hydrogen-bond acceptors (Lipinski definition) is 6. The van der Waals surface area contributed by atoms with Gasteiger partial charge in [-0.05, 0) is 30.9 Å². The Kier molecular flexibility index (Phi) is 5.87. The summed E-state index contributed by atoms with van der Waals surface area (Å²) in [5.74, 6) is 1.21. The van der Waals surface area contributed by atoms with Gasteiger partial charge in [-0.25, -0.2) is 5.32 Å². The van der Waals surface area contributed by atoms with Crippen molar-refractivity contribution in [3.8, 4) is 0 Å². The molecule has 2 unspecified atom stereocenters. The molecule has 2 saturated heterocycles. The summed E-state index contributed by atoms with van der Waals surface area (Å²) in [4.78, 5) is 31.8. The van der Waals surface area contributed by atoms with Crippen molar-refractivity contribution in [2.75, 3.05) is 19.6 Å². The molecule has 8 nitrogen and oxygen atoms in total. The van der Waals surface area contributed by atoms with E-state index in [1.54, 1.807) is 6.20 Å². The van der Waals surface area contributed by atoms with Crippen molar-refractivity contribution in [1.82, 2.24) is 20.2 Å². The van der Waals surface area contributed by atoms with E-state index < -0.39 is 11.8 Å². The van der Waals surface area contributed by atoms with E-state index in [9.17, 15) is 9.70 Å². The molecule has 25 heavy (non-hydrogen) atoms. The first-order chi connectivity index (χ1) is 12.0. The van der Waals surface area contributed by atoms with Crippen LogP contribution in [0.2, 0.25) is 0 Å². The van der Waals surface area contributed by atoms with Crippen molar-refractivity contribution >= 4 is 17.7 Å². The van der Waals surface area contributed by atoms with Crippen LogP contribution in [0.4, 0.5) is 0 Å². The monoisotopic (exact) mass is 365 g/mol. The Hall–Kier alpha value is -1.71. The van der Waals surface area contributed by atoms with Gasteiger partial charge >= 0.3 is 5.50 Å². The van der Waals surface area contributed by atoms with Gasteiger partial charge in [-0.1, -0.05) is 29.8 Å². The summed E-state index contributed by atoms with van der Waals surface area (Å²) in [6.07, 6.45) is 3.09. The lowest BCUT2D eigenvalue weighted by Gasteiger charge is -2.30. The maximum Gasteiger partial charge on any atom is 0.337 e. The fourth-order valence-corrected chi connectivity index (χ4v) is 3.96. The zero-order chi connectivity index (χ0) is 17.8. The molecule has 3 heterocycles. The van der Waals surface area contributed by atoms with Crippen molar-refractivity contribution in [3.05, 3.63) is 35.0 Å². The summed E-state index contributed by atoms with van der Waals surface area (Å²) in [6.45, 7) is 3.72. The van der Waals surface area contributed by atoms with Crippen LogP contribution in [0.25, 0.3) is 0 Å². The van der Waals surface area contributed by atoms with E-state index in [0.29, 0.717) is 11.7 Å². The number of thioether (sulfide) groups is 1. The lowest BCUT2D eigenvalue weighted by atomic mass is 9.99. The van der Waals surface area contributed by atoms with E-state index >= 15 is 0 Å². The van der Waals surface area contributed by atoms with Crippen LogP contribution >= 0.6 is 11.8 Å². The lowest BCUT2D eigenvalue weighted by Crippen LogP contribution is -2.50. The minimum atomic E-state index is -0.661. The van der Waals surface area contributed by atoms with Crippen LogP contribution in [-0.2, 0) is 10.5 Å². The lowest BCUT2D eigenvalue weighted by molar-refractivity contribution is -0.698. The van der Waals surface area contributed by atoms with Crippen molar-refractivity contribution in [3.63, 3.8) is 0 Å². The van der Waals surface area contributed by atoms with Gasteiger partial charge in [-0.15, -0.1) is 0 Å². The van der Waals surface area contributed by atoms with Crippen molar-refractivity contribution in [1.29, 1.82) is 0 Å². The number of rotatable bonds is 5. The Morgan fingerprint density at radius 2 is 2.20 bits per heavy atom. The molecule has 1 aromatic heterocycles. The number of pyridine rings is 1. The third-order valence-electron chi connectivity index (χ3n) is 4.64. The van der Waals surface area contributed by atoms with Crippen LogP contribution in [0.3, 0.4) is 0 Å². The minimum Gasteiger partial charge on any atom is -0.341 e. The molecule has 2 atom stereocenters. The summed E-state index contributed by atoms with van der Waals surface area (Å²) in [6, 6.07) is 5.68. The number of aromatic nitrogens is 1. The number of amides is 1. The maximum atomic E-state index is 12.5. The van der Waals surface area contributed by atoms with Crippen molar-refractivity contribution < 1.29 is 9.66 Å². The Bertz CT molecular complexity index is 608. The zero-order valence-electron chi connectivity index (χ0n) is 14.4. The fourth-order valence-electron chi connectivity index (χ4n) is 2.98. The molecule has 0 saturated carbocycles. The molecule has 0 aliphatic carbocycles. The second-order valence-corrected chi connectivity index (χ2v) is 7.63. The number of likely N-dealkylation sites (tertiary alicyclic amines) is 1. The largest absolute Gasteiger partial charge is 0.341 e. The highest BCUT2D eigenvalue weighted by atomic mass is 32.2. The van der Waals surface area contributed by atoms with E-state index in [1.807, 2.05) is 23.1 Å². The van der Waals surface area contributed by atoms with Gasteiger partial charge in [-0.3, -0.25) is 15.5 Å². The molecule has 0 aromatic carbocycles. The van der Waals surface area contributed by atoms with E-state index in [1.165, 1.54) is 16.8 Å². The second-order valence-electron chi connectivity index (χ2n) is 6.56.